The van der Waals surface area contributed by atoms with Gasteiger partial charge in [-0.1, -0.05) is 32.6 Å². The maximum absolute atomic E-state index is 12.6. The summed E-state index contributed by atoms with van der Waals surface area (Å²) in [6.45, 7) is 8.19. The number of cyclic esters (lactones) is 1. The second-order valence-corrected chi connectivity index (χ2v) is 8.99. The van der Waals surface area contributed by atoms with Gasteiger partial charge < -0.3 is 15.2 Å². The normalized spacial score (nSPS) is 19.7. The quantitative estimate of drug-likeness (QED) is 0.533. The molecule has 0 saturated carbocycles. The number of rotatable bonds is 7. The number of nitrogens with two attached hydrogens (primary N) is 1. The van der Waals surface area contributed by atoms with Crippen molar-refractivity contribution < 1.29 is 14.3 Å². The van der Waals surface area contributed by atoms with Crippen LogP contribution in [0.4, 0.5) is 10.5 Å². The Kier molecular flexibility index (Phi) is 5.52. The number of carbonyl (C=O) groups is 1. The Morgan fingerprint density at radius 3 is 2.76 bits per heavy atom. The van der Waals surface area contributed by atoms with E-state index in [1.807, 2.05) is 38.1 Å². The Morgan fingerprint density at radius 2 is 2.09 bits per heavy atom. The van der Waals surface area contributed by atoms with Crippen molar-refractivity contribution >= 4 is 11.8 Å². The van der Waals surface area contributed by atoms with E-state index < -0.39 is 0 Å². The lowest BCUT2D eigenvalue weighted by atomic mass is 10.0. The van der Waals surface area contributed by atoms with Gasteiger partial charge in [-0.2, -0.15) is 4.80 Å². The maximum Gasteiger partial charge on any atom is 0.415 e. The van der Waals surface area contributed by atoms with Gasteiger partial charge in [0.15, 0.2) is 6.10 Å². The fourth-order valence-corrected chi connectivity index (χ4v) is 4.34. The summed E-state index contributed by atoms with van der Waals surface area (Å²) in [5, 5.41) is 12.0. The van der Waals surface area contributed by atoms with Gasteiger partial charge in [-0.25, -0.2) is 4.79 Å². The Balaban J connectivity index is 1.31. The molecule has 1 amide bonds. The lowest BCUT2D eigenvalue weighted by Gasteiger charge is -2.22. The zero-order chi connectivity index (χ0) is 24.0. The standard InChI is InChI=1S/C24H27N7O3/c1-13(2)22(25)14(3)33-12-21-20-10-17-9-15(6-8-19(17)31(20)24(32)34-21)16-5-7-18(26-11-16)23-27-29-30(4)28-23/h5-9,11,13,20-22H,3,10,12,25H2,1-2,4H3/t20-,21-,22?/m0/s1. The number of carbonyl (C=O) groups excluding carboxylic acids is 1. The first-order chi connectivity index (χ1) is 16.3. The first-order valence-electron chi connectivity index (χ1n) is 11.2. The number of hydrogen-bond acceptors (Lipinski definition) is 8. The zero-order valence-corrected chi connectivity index (χ0v) is 19.4. The van der Waals surface area contributed by atoms with Gasteiger partial charge in [0.1, 0.15) is 18.1 Å². The molecule has 2 aliphatic rings. The molecule has 0 aliphatic carbocycles. The third-order valence-corrected chi connectivity index (χ3v) is 6.34. The molecule has 1 aromatic carbocycles. The number of benzene rings is 1. The van der Waals surface area contributed by atoms with Gasteiger partial charge >= 0.3 is 6.09 Å². The number of aromatic nitrogens is 5. The molecule has 176 valence electrons. The third-order valence-electron chi connectivity index (χ3n) is 6.34. The highest BCUT2D eigenvalue weighted by Crippen LogP contribution is 2.40. The Hall–Kier alpha value is -3.79. The van der Waals surface area contributed by atoms with Crippen molar-refractivity contribution in [3.63, 3.8) is 0 Å². The molecule has 5 rings (SSSR count). The number of tetrazole rings is 1. The maximum atomic E-state index is 12.6. The molecular weight excluding hydrogens is 434 g/mol. The minimum Gasteiger partial charge on any atom is -0.493 e. The molecule has 1 saturated heterocycles. The van der Waals surface area contributed by atoms with E-state index in [1.165, 1.54) is 4.80 Å². The van der Waals surface area contributed by atoms with Crippen LogP contribution in [0.25, 0.3) is 22.6 Å². The molecule has 3 atom stereocenters. The van der Waals surface area contributed by atoms with Crippen LogP contribution in [0.5, 0.6) is 0 Å². The number of anilines is 1. The zero-order valence-electron chi connectivity index (χ0n) is 19.4. The van der Waals surface area contributed by atoms with Crippen LogP contribution in [-0.2, 0) is 22.9 Å². The molecular formula is C24H27N7O3. The second kappa shape index (κ2) is 8.53. The summed E-state index contributed by atoms with van der Waals surface area (Å²) in [6.07, 6.45) is 1.73. The summed E-state index contributed by atoms with van der Waals surface area (Å²) in [5.41, 5.74) is 10.7. The molecule has 2 aliphatic heterocycles. The van der Waals surface area contributed by atoms with Crippen LogP contribution in [0.3, 0.4) is 0 Å². The average molecular weight is 462 g/mol. The van der Waals surface area contributed by atoms with E-state index in [4.69, 9.17) is 15.2 Å². The van der Waals surface area contributed by atoms with E-state index >= 15 is 0 Å². The SMILES string of the molecule is C=C(OC[C@@H]1OC(=O)N2c3ccc(-c4ccc(-c5nnn(C)n5)nc4)cc3C[C@@H]12)C(N)C(C)C. The molecule has 3 aromatic rings. The molecule has 34 heavy (non-hydrogen) atoms. The van der Waals surface area contributed by atoms with Gasteiger partial charge in [0, 0.05) is 11.8 Å². The predicted molar refractivity (Wildman–Crippen MR) is 126 cm³/mol. The lowest BCUT2D eigenvalue weighted by molar-refractivity contribution is 0.0587. The predicted octanol–water partition coefficient (Wildman–Crippen LogP) is 2.70. The van der Waals surface area contributed by atoms with Crippen molar-refractivity contribution in [3.8, 4) is 22.6 Å². The summed E-state index contributed by atoms with van der Waals surface area (Å²) in [4.78, 5) is 20.2. The van der Waals surface area contributed by atoms with Gasteiger partial charge in [-0.3, -0.25) is 9.88 Å². The molecule has 4 heterocycles. The largest absolute Gasteiger partial charge is 0.493 e. The van der Waals surface area contributed by atoms with Gasteiger partial charge in [0.25, 0.3) is 0 Å². The van der Waals surface area contributed by atoms with E-state index in [2.05, 4.69) is 33.0 Å². The highest BCUT2D eigenvalue weighted by Gasteiger charge is 2.48. The second-order valence-electron chi connectivity index (χ2n) is 8.99. The van der Waals surface area contributed by atoms with Crippen LogP contribution in [0.2, 0.25) is 0 Å². The number of amides is 1. The van der Waals surface area contributed by atoms with Crippen LogP contribution in [-0.4, -0.2) is 56.1 Å². The number of fused-ring (bicyclic) bond motifs is 3. The van der Waals surface area contributed by atoms with Gasteiger partial charge in [-0.15, -0.1) is 10.2 Å². The molecule has 1 unspecified atom stereocenters. The summed E-state index contributed by atoms with van der Waals surface area (Å²) >= 11 is 0. The van der Waals surface area contributed by atoms with Crippen molar-refractivity contribution in [1.29, 1.82) is 0 Å². The Morgan fingerprint density at radius 1 is 1.29 bits per heavy atom. The van der Waals surface area contributed by atoms with Crippen molar-refractivity contribution in [2.45, 2.75) is 38.5 Å². The third kappa shape index (κ3) is 3.90. The van der Waals surface area contributed by atoms with E-state index in [0.29, 0.717) is 23.7 Å². The van der Waals surface area contributed by atoms with Gasteiger partial charge in [-0.05, 0) is 46.9 Å². The van der Waals surface area contributed by atoms with Crippen molar-refractivity contribution in [3.05, 3.63) is 54.4 Å². The van der Waals surface area contributed by atoms with Crippen LogP contribution < -0.4 is 10.6 Å². The molecule has 0 spiro atoms. The van der Waals surface area contributed by atoms with Crippen LogP contribution in [0.1, 0.15) is 19.4 Å². The molecule has 10 nitrogen and oxygen atoms in total. The topological polar surface area (TPSA) is 121 Å². The van der Waals surface area contributed by atoms with Crippen molar-refractivity contribution in [2.75, 3.05) is 11.5 Å². The molecule has 10 heteroatoms. The number of nitrogens with zero attached hydrogens (tertiary/aromatic N) is 6. The fraction of sp³-hybridized carbons (Fsp3) is 0.375. The molecule has 0 radical (unpaired) electrons. The molecule has 0 bridgehead atoms. The fourth-order valence-electron chi connectivity index (χ4n) is 4.34. The first-order valence-corrected chi connectivity index (χ1v) is 11.2. The molecule has 1 fully saturated rings. The lowest BCUT2D eigenvalue weighted by Crippen LogP contribution is -2.37. The average Bonchev–Trinajstić information content (AvgIpc) is 3.51. The molecule has 2 N–H and O–H groups in total. The Labute approximate surface area is 197 Å². The van der Waals surface area contributed by atoms with Crippen LogP contribution >= 0.6 is 0 Å². The summed E-state index contributed by atoms with van der Waals surface area (Å²) in [7, 11) is 1.71. The van der Waals surface area contributed by atoms with E-state index in [0.717, 1.165) is 22.4 Å². The minimum absolute atomic E-state index is 0.121. The first kappa shape index (κ1) is 22.0. The van der Waals surface area contributed by atoms with Crippen molar-refractivity contribution in [1.82, 2.24) is 25.2 Å². The van der Waals surface area contributed by atoms with E-state index in [-0.39, 0.29) is 36.8 Å². The number of aryl methyl sites for hydroxylation is 1. The number of ether oxygens (including phenoxy) is 2. The van der Waals surface area contributed by atoms with E-state index in [1.54, 1.807) is 18.1 Å². The Bertz CT molecular complexity index is 1240. The van der Waals surface area contributed by atoms with Gasteiger partial charge in [0.05, 0.1) is 24.8 Å². The van der Waals surface area contributed by atoms with Crippen LogP contribution in [0.15, 0.2) is 48.9 Å². The number of pyridine rings is 1. The highest BCUT2D eigenvalue weighted by atomic mass is 16.6. The monoisotopic (exact) mass is 461 g/mol. The minimum atomic E-state index is -0.389. The van der Waals surface area contributed by atoms with Gasteiger partial charge in [0.2, 0.25) is 5.82 Å². The highest BCUT2D eigenvalue weighted by molar-refractivity contribution is 5.94. The number of hydrogen-bond donors (Lipinski definition) is 1. The smallest absolute Gasteiger partial charge is 0.415 e. The summed E-state index contributed by atoms with van der Waals surface area (Å²) < 4.78 is 11.4. The van der Waals surface area contributed by atoms with Crippen LogP contribution in [0, 0.1) is 5.92 Å². The van der Waals surface area contributed by atoms with Crippen molar-refractivity contribution in [2.24, 2.45) is 18.7 Å². The molecule has 2 aromatic heterocycles. The summed E-state index contributed by atoms with van der Waals surface area (Å²) in [5.74, 6) is 1.20. The summed E-state index contributed by atoms with van der Waals surface area (Å²) in [6, 6.07) is 9.51. The van der Waals surface area contributed by atoms with E-state index in [9.17, 15) is 4.79 Å².